The highest BCUT2D eigenvalue weighted by Gasteiger charge is 2.19. The van der Waals surface area contributed by atoms with E-state index in [1.807, 2.05) is 24.3 Å². The van der Waals surface area contributed by atoms with Crippen LogP contribution in [0.25, 0.3) is 17.7 Å². The topological polar surface area (TPSA) is 74.8 Å². The van der Waals surface area contributed by atoms with Crippen molar-refractivity contribution in [1.29, 1.82) is 0 Å². The lowest BCUT2D eigenvalue weighted by Gasteiger charge is -2.12. The maximum Gasteiger partial charge on any atom is 0.232 e. The van der Waals surface area contributed by atoms with Crippen molar-refractivity contribution in [3.8, 4) is 11.6 Å². The summed E-state index contributed by atoms with van der Waals surface area (Å²) in [6.45, 7) is 0. The minimum absolute atomic E-state index is 0.0750. The van der Waals surface area contributed by atoms with Gasteiger partial charge in [0, 0.05) is 11.1 Å². The summed E-state index contributed by atoms with van der Waals surface area (Å²) < 4.78 is 1.52. The molecule has 5 nitrogen and oxygen atoms in total. The third-order valence-electron chi connectivity index (χ3n) is 4.25. The number of rotatable bonds is 3. The molecule has 28 heavy (non-hydrogen) atoms. The van der Waals surface area contributed by atoms with E-state index in [-0.39, 0.29) is 17.4 Å². The quantitative estimate of drug-likeness (QED) is 0.375. The predicted molar refractivity (Wildman–Crippen MR) is 114 cm³/mol. The first kappa shape index (κ1) is 18.1. The average molecular weight is 406 g/mol. The number of hydrogen-bond acceptors (Lipinski definition) is 6. The van der Waals surface area contributed by atoms with Gasteiger partial charge in [-0.15, -0.1) is 0 Å². The lowest BCUT2D eigenvalue weighted by molar-refractivity contribution is -0.109. The molecule has 0 saturated heterocycles. The zero-order chi connectivity index (χ0) is 19.7. The summed E-state index contributed by atoms with van der Waals surface area (Å²) in [5.74, 6) is -0.221. The normalized spacial score (nSPS) is 14.7. The van der Waals surface area contributed by atoms with Crippen molar-refractivity contribution < 1.29 is 15.0 Å². The maximum absolute atomic E-state index is 12.4. The minimum atomic E-state index is -0.158. The molecule has 1 aromatic heterocycles. The molecule has 0 fully saturated rings. The Morgan fingerprint density at radius 2 is 1.79 bits per heavy atom. The van der Waals surface area contributed by atoms with E-state index >= 15 is 0 Å². The van der Waals surface area contributed by atoms with Crippen molar-refractivity contribution in [1.82, 2.24) is 4.68 Å². The standard InChI is InChI=1S/C21H14N2O3S2/c24-17-8-4-2-6-14(17)12-22-23-20(26)19(28-21(23)27)11-16-15-7-3-1-5-13(15)9-10-18(16)25/h1-12,24,26H. The molecule has 1 aliphatic carbocycles. The van der Waals surface area contributed by atoms with Gasteiger partial charge in [0.05, 0.1) is 11.1 Å². The van der Waals surface area contributed by atoms with Crippen LogP contribution in [-0.2, 0) is 4.79 Å². The van der Waals surface area contributed by atoms with Crippen LogP contribution >= 0.6 is 23.6 Å². The first-order valence-electron chi connectivity index (χ1n) is 8.35. The smallest absolute Gasteiger partial charge is 0.232 e. The van der Waals surface area contributed by atoms with E-state index < -0.39 is 0 Å². The number of hydrogen-bond donors (Lipinski definition) is 2. The Hall–Kier alpha value is -3.29. The summed E-state index contributed by atoms with van der Waals surface area (Å²) in [5, 5.41) is 24.6. The average Bonchev–Trinajstić information content (AvgIpc) is 2.96. The zero-order valence-electron chi connectivity index (χ0n) is 14.4. The molecule has 138 valence electrons. The number of fused-ring (bicyclic) bond motifs is 1. The Morgan fingerprint density at radius 1 is 1.04 bits per heavy atom. The number of nitrogens with zero attached hydrogens (tertiary/aromatic N) is 2. The fraction of sp³-hybridized carbons (Fsp3) is 0. The Balaban J connectivity index is 1.75. The fourth-order valence-corrected chi connectivity index (χ4v) is 4.01. The molecule has 0 bridgehead atoms. The number of phenols is 1. The number of carbonyl (C=O) groups is 1. The van der Waals surface area contributed by atoms with E-state index in [4.69, 9.17) is 12.2 Å². The molecule has 0 atom stereocenters. The molecule has 0 saturated carbocycles. The molecule has 0 aliphatic heterocycles. The minimum Gasteiger partial charge on any atom is -0.507 e. The number of phenolic OH excluding ortho intramolecular Hbond substituents is 1. The molecular formula is C21H14N2O3S2. The largest absolute Gasteiger partial charge is 0.507 e. The van der Waals surface area contributed by atoms with Crippen LogP contribution in [0.3, 0.4) is 0 Å². The van der Waals surface area contributed by atoms with Crippen LogP contribution in [0.5, 0.6) is 11.6 Å². The molecule has 7 heteroatoms. The summed E-state index contributed by atoms with van der Waals surface area (Å²) in [7, 11) is 0. The number of allylic oxidation sites excluding steroid dienone is 2. The Morgan fingerprint density at radius 3 is 2.61 bits per heavy atom. The molecule has 4 rings (SSSR count). The number of thiazole rings is 1. The van der Waals surface area contributed by atoms with Crippen molar-refractivity contribution >= 4 is 53.3 Å². The second-order valence-electron chi connectivity index (χ2n) is 6.01. The van der Waals surface area contributed by atoms with Crippen molar-refractivity contribution in [3.05, 3.63) is 80.1 Å². The van der Waals surface area contributed by atoms with Crippen LogP contribution in [-0.4, -0.2) is 26.9 Å². The molecule has 0 amide bonds. The lowest BCUT2D eigenvalue weighted by Crippen LogP contribution is -2.04. The van der Waals surface area contributed by atoms with Gasteiger partial charge in [-0.2, -0.15) is 9.78 Å². The second kappa shape index (κ2) is 7.38. The maximum atomic E-state index is 12.4. The molecule has 1 heterocycles. The van der Waals surface area contributed by atoms with E-state index in [0.29, 0.717) is 20.0 Å². The molecule has 1 aliphatic rings. The first-order valence-corrected chi connectivity index (χ1v) is 9.58. The summed E-state index contributed by atoms with van der Waals surface area (Å²) in [6, 6.07) is 14.3. The van der Waals surface area contributed by atoms with Crippen molar-refractivity contribution in [2.75, 3.05) is 0 Å². The van der Waals surface area contributed by atoms with Gasteiger partial charge in [0.2, 0.25) is 5.88 Å². The van der Waals surface area contributed by atoms with Crippen LogP contribution in [0.2, 0.25) is 0 Å². The molecule has 0 spiro atoms. The molecule has 3 aromatic rings. The molecule has 2 aromatic carbocycles. The summed E-state index contributed by atoms with van der Waals surface area (Å²) in [6.07, 6.45) is 6.33. The van der Waals surface area contributed by atoms with Crippen LogP contribution in [0.4, 0.5) is 0 Å². The number of benzene rings is 2. The summed E-state index contributed by atoms with van der Waals surface area (Å²) in [4.78, 5) is 12.8. The summed E-state index contributed by atoms with van der Waals surface area (Å²) >= 11 is 6.45. The highest BCUT2D eigenvalue weighted by molar-refractivity contribution is 7.73. The van der Waals surface area contributed by atoms with E-state index in [2.05, 4.69) is 5.10 Å². The van der Waals surface area contributed by atoms with E-state index in [1.165, 1.54) is 17.0 Å². The van der Waals surface area contributed by atoms with Gasteiger partial charge in [-0.1, -0.05) is 53.8 Å². The number of aromatic nitrogens is 1. The molecule has 0 unspecified atom stereocenters. The number of carbonyl (C=O) groups excluding carboxylic acids is 1. The van der Waals surface area contributed by atoms with Crippen LogP contribution in [0.1, 0.15) is 21.6 Å². The van der Waals surface area contributed by atoms with Crippen LogP contribution in [0.15, 0.2) is 59.7 Å². The lowest BCUT2D eigenvalue weighted by atomic mass is 9.91. The van der Waals surface area contributed by atoms with Crippen molar-refractivity contribution in [2.45, 2.75) is 0 Å². The fourth-order valence-electron chi connectivity index (χ4n) is 2.84. The molecule has 2 N–H and O–H groups in total. The SMILES string of the molecule is O=C1C=Cc2ccccc2C1=Cc1sc(=S)n(N=Cc2ccccc2O)c1O. The number of aromatic hydroxyl groups is 2. The monoisotopic (exact) mass is 406 g/mol. The zero-order valence-corrected chi connectivity index (χ0v) is 16.1. The third-order valence-corrected chi connectivity index (χ3v) is 5.54. The van der Waals surface area contributed by atoms with Crippen LogP contribution < -0.4 is 0 Å². The van der Waals surface area contributed by atoms with Gasteiger partial charge in [0.25, 0.3) is 0 Å². The Labute approximate surface area is 169 Å². The number of para-hydroxylation sites is 1. The van der Waals surface area contributed by atoms with Gasteiger partial charge in [-0.3, -0.25) is 4.79 Å². The van der Waals surface area contributed by atoms with Crippen LogP contribution in [0, 0.1) is 3.95 Å². The first-order chi connectivity index (χ1) is 13.5. The van der Waals surface area contributed by atoms with Gasteiger partial charge >= 0.3 is 0 Å². The van der Waals surface area contributed by atoms with Gasteiger partial charge in [0.1, 0.15) is 5.75 Å². The van der Waals surface area contributed by atoms with E-state index in [1.54, 1.807) is 36.4 Å². The van der Waals surface area contributed by atoms with Crippen molar-refractivity contribution in [2.24, 2.45) is 5.10 Å². The highest BCUT2D eigenvalue weighted by Crippen LogP contribution is 2.33. The van der Waals surface area contributed by atoms with E-state index in [0.717, 1.165) is 22.5 Å². The van der Waals surface area contributed by atoms with E-state index in [9.17, 15) is 15.0 Å². The van der Waals surface area contributed by atoms with Crippen molar-refractivity contribution in [3.63, 3.8) is 0 Å². The molecular weight excluding hydrogens is 392 g/mol. The Kier molecular flexibility index (Phi) is 4.77. The second-order valence-corrected chi connectivity index (χ2v) is 7.69. The summed E-state index contributed by atoms with van der Waals surface area (Å²) in [5.41, 5.74) is 2.73. The molecule has 0 radical (unpaired) electrons. The highest BCUT2D eigenvalue weighted by atomic mass is 32.1. The Bertz CT molecular complexity index is 1230. The van der Waals surface area contributed by atoms with Gasteiger partial charge in [0.15, 0.2) is 9.74 Å². The van der Waals surface area contributed by atoms with Gasteiger partial charge in [-0.05, 0) is 47.6 Å². The van der Waals surface area contributed by atoms with Gasteiger partial charge < -0.3 is 10.2 Å². The third kappa shape index (κ3) is 3.33. The van der Waals surface area contributed by atoms with Gasteiger partial charge in [-0.25, -0.2) is 0 Å². The number of ketones is 1. The predicted octanol–water partition coefficient (Wildman–Crippen LogP) is 4.71.